The molecule has 104 valence electrons. The first-order valence-electron chi connectivity index (χ1n) is 7.01. The molecule has 0 spiro atoms. The highest BCUT2D eigenvalue weighted by Crippen LogP contribution is 2.33. The van der Waals surface area contributed by atoms with Crippen LogP contribution in [-0.2, 0) is 13.0 Å². The smallest absolute Gasteiger partial charge is 0.127 e. The predicted molar refractivity (Wildman–Crippen MR) is 80.7 cm³/mol. The van der Waals surface area contributed by atoms with Crippen molar-refractivity contribution in [3.63, 3.8) is 0 Å². The Bertz CT molecular complexity index is 467. The lowest BCUT2D eigenvalue weighted by atomic mass is 10.1. The number of benzene rings is 1. The molecule has 1 aromatic carbocycles. The van der Waals surface area contributed by atoms with Crippen molar-refractivity contribution in [2.24, 2.45) is 0 Å². The fraction of sp³-hybridized carbons (Fsp3) is 0.600. The molecule has 1 N–H and O–H groups in total. The van der Waals surface area contributed by atoms with E-state index < -0.39 is 0 Å². The van der Waals surface area contributed by atoms with Crippen LogP contribution in [0.3, 0.4) is 0 Å². The number of ether oxygens (including phenoxy) is 1. The number of nitrogens with zero attached hydrogens (tertiary/aromatic N) is 1. The van der Waals surface area contributed by atoms with Crippen LogP contribution in [0, 0.1) is 0 Å². The zero-order valence-electron chi connectivity index (χ0n) is 11.6. The second kappa shape index (κ2) is 5.43. The maximum Gasteiger partial charge on any atom is 0.127 e. The molecule has 2 atom stereocenters. The molecule has 2 heterocycles. The molecule has 1 fully saturated rings. The highest BCUT2D eigenvalue weighted by Gasteiger charge is 2.26. The molecule has 1 aromatic rings. The topological polar surface area (TPSA) is 24.5 Å². The van der Waals surface area contributed by atoms with Gasteiger partial charge in [-0.3, -0.25) is 0 Å². The number of rotatable bonds is 3. The van der Waals surface area contributed by atoms with Crippen molar-refractivity contribution in [1.29, 1.82) is 0 Å². The van der Waals surface area contributed by atoms with Gasteiger partial charge in [-0.15, -0.1) is 0 Å². The van der Waals surface area contributed by atoms with Crippen LogP contribution in [0.25, 0.3) is 0 Å². The molecule has 0 radical (unpaired) electrons. The summed E-state index contributed by atoms with van der Waals surface area (Å²) >= 11 is 3.60. The molecule has 0 saturated carbocycles. The SMILES string of the molecule is CC1CC(NCc2cc(Br)cc3c2OCC3)CN1C. The van der Waals surface area contributed by atoms with Gasteiger partial charge in [-0.2, -0.15) is 0 Å². The minimum Gasteiger partial charge on any atom is -0.493 e. The molecular weight excluding hydrogens is 304 g/mol. The van der Waals surface area contributed by atoms with Crippen molar-refractivity contribution >= 4 is 15.9 Å². The monoisotopic (exact) mass is 324 g/mol. The molecule has 0 amide bonds. The van der Waals surface area contributed by atoms with Crippen LogP contribution >= 0.6 is 15.9 Å². The standard InChI is InChI=1S/C15H21BrN2O/c1-10-5-14(9-18(10)2)17-8-12-7-13(16)6-11-3-4-19-15(11)12/h6-7,10,14,17H,3-5,8-9H2,1-2H3. The first kappa shape index (κ1) is 13.4. The van der Waals surface area contributed by atoms with Crippen LogP contribution in [0.2, 0.25) is 0 Å². The summed E-state index contributed by atoms with van der Waals surface area (Å²) in [5.41, 5.74) is 2.62. The normalized spacial score (nSPS) is 26.5. The summed E-state index contributed by atoms with van der Waals surface area (Å²) in [5.74, 6) is 1.11. The van der Waals surface area contributed by atoms with Gasteiger partial charge in [-0.25, -0.2) is 0 Å². The maximum atomic E-state index is 5.77. The second-order valence-corrected chi connectivity index (χ2v) is 6.67. The van der Waals surface area contributed by atoms with Crippen molar-refractivity contribution in [2.75, 3.05) is 20.2 Å². The van der Waals surface area contributed by atoms with Crippen LogP contribution in [-0.4, -0.2) is 37.2 Å². The Kier molecular flexibility index (Phi) is 3.83. The molecule has 19 heavy (non-hydrogen) atoms. The number of halogens is 1. The largest absolute Gasteiger partial charge is 0.493 e. The van der Waals surface area contributed by atoms with E-state index in [1.165, 1.54) is 17.5 Å². The van der Waals surface area contributed by atoms with Crippen LogP contribution in [0.1, 0.15) is 24.5 Å². The Morgan fingerprint density at radius 2 is 2.32 bits per heavy atom. The lowest BCUT2D eigenvalue weighted by molar-refractivity contribution is 0.326. The van der Waals surface area contributed by atoms with E-state index >= 15 is 0 Å². The minimum atomic E-state index is 0.594. The Morgan fingerprint density at radius 1 is 1.47 bits per heavy atom. The number of fused-ring (bicyclic) bond motifs is 1. The van der Waals surface area contributed by atoms with Crippen LogP contribution in [0.5, 0.6) is 5.75 Å². The minimum absolute atomic E-state index is 0.594. The summed E-state index contributed by atoms with van der Waals surface area (Å²) in [7, 11) is 2.20. The van der Waals surface area contributed by atoms with Crippen molar-refractivity contribution < 1.29 is 4.74 Å². The van der Waals surface area contributed by atoms with E-state index in [4.69, 9.17) is 4.74 Å². The summed E-state index contributed by atoms with van der Waals surface area (Å²) in [6, 6.07) is 5.63. The summed E-state index contributed by atoms with van der Waals surface area (Å²) in [5, 5.41) is 3.67. The third-order valence-electron chi connectivity index (χ3n) is 4.29. The highest BCUT2D eigenvalue weighted by atomic mass is 79.9. The molecular formula is C15H21BrN2O. The maximum absolute atomic E-state index is 5.77. The van der Waals surface area contributed by atoms with E-state index in [9.17, 15) is 0 Å². The van der Waals surface area contributed by atoms with Crippen LogP contribution in [0.15, 0.2) is 16.6 Å². The lowest BCUT2D eigenvalue weighted by Crippen LogP contribution is -2.31. The number of hydrogen-bond donors (Lipinski definition) is 1. The molecule has 2 aliphatic heterocycles. The predicted octanol–water partition coefficient (Wildman–Crippen LogP) is 2.57. The fourth-order valence-electron chi connectivity index (χ4n) is 3.07. The third-order valence-corrected chi connectivity index (χ3v) is 4.75. The molecule has 4 heteroatoms. The average molecular weight is 325 g/mol. The van der Waals surface area contributed by atoms with Crippen molar-refractivity contribution in [1.82, 2.24) is 10.2 Å². The van der Waals surface area contributed by atoms with Gasteiger partial charge in [0.15, 0.2) is 0 Å². The molecule has 2 aliphatic rings. The quantitative estimate of drug-likeness (QED) is 0.924. The van der Waals surface area contributed by atoms with Crippen molar-refractivity contribution in [3.8, 4) is 5.75 Å². The molecule has 0 aromatic heterocycles. The Morgan fingerprint density at radius 3 is 3.05 bits per heavy atom. The van der Waals surface area contributed by atoms with Gasteiger partial charge in [0.1, 0.15) is 5.75 Å². The van der Waals surface area contributed by atoms with Gasteiger partial charge in [0.2, 0.25) is 0 Å². The Hall–Kier alpha value is -0.580. The summed E-state index contributed by atoms with van der Waals surface area (Å²) in [4.78, 5) is 2.42. The lowest BCUT2D eigenvalue weighted by Gasteiger charge is -2.15. The van der Waals surface area contributed by atoms with Gasteiger partial charge < -0.3 is 15.0 Å². The van der Waals surface area contributed by atoms with E-state index in [0.717, 1.165) is 36.3 Å². The first-order chi connectivity index (χ1) is 9.13. The second-order valence-electron chi connectivity index (χ2n) is 5.75. The number of nitrogens with one attached hydrogen (secondary N) is 1. The summed E-state index contributed by atoms with van der Waals surface area (Å²) < 4.78 is 6.93. The first-order valence-corrected chi connectivity index (χ1v) is 7.80. The fourth-order valence-corrected chi connectivity index (χ4v) is 3.63. The van der Waals surface area contributed by atoms with Gasteiger partial charge in [0.05, 0.1) is 6.61 Å². The van der Waals surface area contributed by atoms with Crippen molar-refractivity contribution in [3.05, 3.63) is 27.7 Å². The van der Waals surface area contributed by atoms with Gasteiger partial charge in [-0.05, 0) is 38.1 Å². The zero-order valence-corrected chi connectivity index (χ0v) is 13.2. The van der Waals surface area contributed by atoms with Crippen LogP contribution in [0.4, 0.5) is 0 Å². The molecule has 1 saturated heterocycles. The highest BCUT2D eigenvalue weighted by molar-refractivity contribution is 9.10. The molecule has 0 aliphatic carbocycles. The van der Waals surface area contributed by atoms with E-state index in [0.29, 0.717) is 12.1 Å². The van der Waals surface area contributed by atoms with E-state index in [-0.39, 0.29) is 0 Å². The van der Waals surface area contributed by atoms with Gasteiger partial charge in [0, 0.05) is 41.6 Å². The zero-order chi connectivity index (χ0) is 13.4. The number of likely N-dealkylation sites (N-methyl/N-ethyl adjacent to an activating group) is 1. The van der Waals surface area contributed by atoms with E-state index in [1.54, 1.807) is 0 Å². The third kappa shape index (κ3) is 2.81. The number of hydrogen-bond acceptors (Lipinski definition) is 3. The molecule has 2 unspecified atom stereocenters. The number of likely N-dealkylation sites (tertiary alicyclic amines) is 1. The Balaban J connectivity index is 1.68. The van der Waals surface area contributed by atoms with Gasteiger partial charge >= 0.3 is 0 Å². The Labute approximate surface area is 123 Å². The van der Waals surface area contributed by atoms with E-state index in [2.05, 4.69) is 52.3 Å². The molecule has 3 rings (SSSR count). The molecule has 3 nitrogen and oxygen atoms in total. The van der Waals surface area contributed by atoms with E-state index in [1.807, 2.05) is 0 Å². The van der Waals surface area contributed by atoms with Gasteiger partial charge in [0.25, 0.3) is 0 Å². The average Bonchev–Trinajstić information content (AvgIpc) is 2.94. The molecule has 0 bridgehead atoms. The van der Waals surface area contributed by atoms with Crippen LogP contribution < -0.4 is 10.1 Å². The van der Waals surface area contributed by atoms with Crippen molar-refractivity contribution in [2.45, 2.75) is 38.4 Å². The van der Waals surface area contributed by atoms with Gasteiger partial charge in [-0.1, -0.05) is 15.9 Å². The summed E-state index contributed by atoms with van der Waals surface area (Å²) in [6.45, 7) is 5.15. The summed E-state index contributed by atoms with van der Waals surface area (Å²) in [6.07, 6.45) is 2.26.